The third-order valence-corrected chi connectivity index (χ3v) is 9.08. The molecule has 1 N–H and O–H groups in total. The highest BCUT2D eigenvalue weighted by molar-refractivity contribution is 7.89. The molecule has 0 saturated carbocycles. The van der Waals surface area contributed by atoms with Gasteiger partial charge < -0.3 is 19.5 Å². The SMILES string of the molecule is COc1ccc(CCNC(=O)Cn2cnc3sc(C)c(S(=O)(=O)N4CCOCC4)c3c2=O)cc1OC. The molecule has 36 heavy (non-hydrogen) atoms. The molecule has 3 aromatic rings. The quantitative estimate of drug-likeness (QED) is 0.432. The van der Waals surface area contributed by atoms with Crippen molar-refractivity contribution < 1.29 is 27.4 Å². The van der Waals surface area contributed by atoms with E-state index in [0.29, 0.717) is 47.4 Å². The van der Waals surface area contributed by atoms with Crippen LogP contribution in [0.4, 0.5) is 0 Å². The van der Waals surface area contributed by atoms with E-state index in [2.05, 4.69) is 10.3 Å². The maximum absolute atomic E-state index is 13.3. The van der Waals surface area contributed by atoms with Gasteiger partial charge >= 0.3 is 0 Å². The Morgan fingerprint density at radius 2 is 1.92 bits per heavy atom. The number of thiophene rings is 1. The zero-order valence-corrected chi connectivity index (χ0v) is 21.9. The molecular formula is C23H28N4O7S2. The number of hydrogen-bond acceptors (Lipinski definition) is 9. The van der Waals surface area contributed by atoms with Gasteiger partial charge in [0.05, 0.1) is 39.1 Å². The molecule has 0 spiro atoms. The van der Waals surface area contributed by atoms with Gasteiger partial charge in [-0.2, -0.15) is 4.31 Å². The second kappa shape index (κ2) is 10.9. The lowest BCUT2D eigenvalue weighted by molar-refractivity contribution is -0.121. The van der Waals surface area contributed by atoms with Crippen LogP contribution in [-0.4, -0.2) is 75.2 Å². The van der Waals surface area contributed by atoms with E-state index in [1.165, 1.54) is 10.6 Å². The van der Waals surface area contributed by atoms with E-state index in [9.17, 15) is 18.0 Å². The first kappa shape index (κ1) is 26.1. The molecule has 4 rings (SSSR count). The number of carbonyl (C=O) groups is 1. The van der Waals surface area contributed by atoms with Gasteiger partial charge in [-0.05, 0) is 31.0 Å². The molecule has 1 saturated heterocycles. The van der Waals surface area contributed by atoms with Crippen LogP contribution in [0.3, 0.4) is 0 Å². The fraction of sp³-hybridized carbons (Fsp3) is 0.435. The molecule has 0 radical (unpaired) electrons. The standard InChI is InChI=1S/C23H28N4O7S2/c1-15-21(36(30,31)27-8-10-34-11-9-27)20-22(35-15)25-14-26(23(20)29)13-19(28)24-7-6-16-4-5-17(32-2)18(12-16)33-3/h4-5,12,14H,6-11,13H2,1-3H3,(H,24,28). The Labute approximate surface area is 212 Å². The van der Waals surface area contributed by atoms with Crippen LogP contribution in [0.15, 0.2) is 34.2 Å². The number of nitrogens with zero attached hydrogens (tertiary/aromatic N) is 3. The van der Waals surface area contributed by atoms with Crippen molar-refractivity contribution in [3.8, 4) is 11.5 Å². The Bertz CT molecular complexity index is 1430. The predicted octanol–water partition coefficient (Wildman–Crippen LogP) is 1.16. The number of amides is 1. The van der Waals surface area contributed by atoms with Crippen molar-refractivity contribution in [1.82, 2.24) is 19.2 Å². The van der Waals surface area contributed by atoms with E-state index in [-0.39, 0.29) is 35.8 Å². The van der Waals surface area contributed by atoms with Crippen LogP contribution < -0.4 is 20.3 Å². The van der Waals surface area contributed by atoms with Crippen LogP contribution in [0.2, 0.25) is 0 Å². The largest absolute Gasteiger partial charge is 0.493 e. The fourth-order valence-electron chi connectivity index (χ4n) is 4.05. The number of sulfonamides is 1. The molecule has 1 amide bonds. The molecule has 1 aliphatic heterocycles. The summed E-state index contributed by atoms with van der Waals surface area (Å²) in [6.45, 7) is 2.75. The van der Waals surface area contributed by atoms with E-state index in [1.54, 1.807) is 27.2 Å². The molecule has 1 aliphatic rings. The fourth-order valence-corrected chi connectivity index (χ4v) is 7.12. The third kappa shape index (κ3) is 5.24. The van der Waals surface area contributed by atoms with E-state index in [4.69, 9.17) is 14.2 Å². The van der Waals surface area contributed by atoms with Crippen molar-refractivity contribution >= 4 is 37.5 Å². The first-order valence-electron chi connectivity index (χ1n) is 11.3. The highest BCUT2D eigenvalue weighted by atomic mass is 32.2. The zero-order chi connectivity index (χ0) is 25.9. The lowest BCUT2D eigenvalue weighted by Crippen LogP contribution is -2.41. The van der Waals surface area contributed by atoms with Crippen molar-refractivity contribution in [1.29, 1.82) is 0 Å². The molecule has 11 nitrogen and oxygen atoms in total. The topological polar surface area (TPSA) is 129 Å². The number of morpholine rings is 1. The molecule has 0 atom stereocenters. The van der Waals surface area contributed by atoms with Gasteiger partial charge in [-0.25, -0.2) is 13.4 Å². The molecule has 1 aromatic carbocycles. The van der Waals surface area contributed by atoms with E-state index >= 15 is 0 Å². The summed E-state index contributed by atoms with van der Waals surface area (Å²) in [6.07, 6.45) is 1.82. The van der Waals surface area contributed by atoms with Crippen LogP contribution in [0.5, 0.6) is 11.5 Å². The second-order valence-electron chi connectivity index (χ2n) is 8.15. The summed E-state index contributed by atoms with van der Waals surface area (Å²) in [5, 5.41) is 2.80. The number of nitrogens with one attached hydrogen (secondary N) is 1. The summed E-state index contributed by atoms with van der Waals surface area (Å²) < 4.78 is 44.9. The van der Waals surface area contributed by atoms with Gasteiger partial charge in [0.1, 0.15) is 16.3 Å². The summed E-state index contributed by atoms with van der Waals surface area (Å²) in [5.74, 6) is 0.829. The third-order valence-electron chi connectivity index (χ3n) is 5.87. The van der Waals surface area contributed by atoms with E-state index < -0.39 is 15.6 Å². The number of benzene rings is 1. The first-order valence-corrected chi connectivity index (χ1v) is 13.6. The molecule has 194 valence electrons. The molecule has 2 aromatic heterocycles. The summed E-state index contributed by atoms with van der Waals surface area (Å²) in [5.41, 5.74) is 0.381. The maximum atomic E-state index is 13.3. The van der Waals surface area contributed by atoms with Crippen LogP contribution in [0.1, 0.15) is 10.4 Å². The number of methoxy groups -OCH3 is 2. The summed E-state index contributed by atoms with van der Waals surface area (Å²) in [7, 11) is -0.795. The van der Waals surface area contributed by atoms with Gasteiger partial charge in [0.15, 0.2) is 11.5 Å². The van der Waals surface area contributed by atoms with E-state index in [0.717, 1.165) is 21.5 Å². The molecule has 13 heteroatoms. The number of fused-ring (bicyclic) bond motifs is 1. The number of aromatic nitrogens is 2. The second-order valence-corrected chi connectivity index (χ2v) is 11.2. The highest BCUT2D eigenvalue weighted by Gasteiger charge is 2.32. The van der Waals surface area contributed by atoms with Gasteiger partial charge in [-0.1, -0.05) is 6.07 Å². The monoisotopic (exact) mass is 536 g/mol. The van der Waals surface area contributed by atoms with Crippen LogP contribution >= 0.6 is 11.3 Å². The van der Waals surface area contributed by atoms with Gasteiger partial charge in [0.25, 0.3) is 5.56 Å². The Hall–Kier alpha value is -3.00. The Morgan fingerprint density at radius 3 is 2.61 bits per heavy atom. The lowest BCUT2D eigenvalue weighted by Gasteiger charge is -2.26. The van der Waals surface area contributed by atoms with Crippen LogP contribution in [-0.2, 0) is 32.5 Å². The van der Waals surface area contributed by atoms with Crippen molar-refractivity contribution in [3.05, 3.63) is 45.3 Å². The molecular weight excluding hydrogens is 508 g/mol. The minimum Gasteiger partial charge on any atom is -0.493 e. The van der Waals surface area contributed by atoms with Gasteiger partial charge in [-0.3, -0.25) is 14.2 Å². The number of ether oxygens (including phenoxy) is 3. The van der Waals surface area contributed by atoms with Crippen LogP contribution in [0.25, 0.3) is 10.2 Å². The minimum absolute atomic E-state index is 0.0182. The van der Waals surface area contributed by atoms with Gasteiger partial charge in [0.2, 0.25) is 15.9 Å². The van der Waals surface area contributed by atoms with E-state index in [1.807, 2.05) is 12.1 Å². The molecule has 0 bridgehead atoms. The van der Waals surface area contributed by atoms with Gasteiger partial charge in [-0.15, -0.1) is 11.3 Å². The van der Waals surface area contributed by atoms with Crippen molar-refractivity contribution in [2.24, 2.45) is 0 Å². The number of aryl methyl sites for hydroxylation is 1. The summed E-state index contributed by atoms with van der Waals surface area (Å²) in [6, 6.07) is 5.51. The lowest BCUT2D eigenvalue weighted by atomic mass is 10.1. The minimum atomic E-state index is -3.91. The Kier molecular flexibility index (Phi) is 7.93. The molecule has 3 heterocycles. The van der Waals surface area contributed by atoms with Crippen molar-refractivity contribution in [2.75, 3.05) is 47.1 Å². The van der Waals surface area contributed by atoms with Crippen molar-refractivity contribution in [3.63, 3.8) is 0 Å². The molecule has 1 fully saturated rings. The maximum Gasteiger partial charge on any atom is 0.263 e. The zero-order valence-electron chi connectivity index (χ0n) is 20.3. The Morgan fingerprint density at radius 1 is 1.19 bits per heavy atom. The summed E-state index contributed by atoms with van der Waals surface area (Å²) >= 11 is 1.15. The molecule has 0 unspecified atom stereocenters. The first-order chi connectivity index (χ1) is 17.3. The number of rotatable bonds is 9. The normalized spacial score (nSPS) is 14.6. The van der Waals surface area contributed by atoms with Gasteiger partial charge in [0, 0.05) is 24.5 Å². The average molecular weight is 537 g/mol. The smallest absolute Gasteiger partial charge is 0.263 e. The molecule has 0 aliphatic carbocycles. The highest BCUT2D eigenvalue weighted by Crippen LogP contribution is 2.33. The predicted molar refractivity (Wildman–Crippen MR) is 134 cm³/mol. The number of carbonyl (C=O) groups excluding carboxylic acids is 1. The van der Waals surface area contributed by atoms with Crippen LogP contribution in [0, 0.1) is 6.92 Å². The average Bonchev–Trinajstić information content (AvgIpc) is 3.23. The summed E-state index contributed by atoms with van der Waals surface area (Å²) in [4.78, 5) is 30.9. The Balaban J connectivity index is 1.49. The number of hydrogen-bond donors (Lipinski definition) is 1. The van der Waals surface area contributed by atoms with Crippen molar-refractivity contribution in [2.45, 2.75) is 24.8 Å².